The van der Waals surface area contributed by atoms with E-state index < -0.39 is 0 Å². The quantitative estimate of drug-likeness (QED) is 0.876. The van der Waals surface area contributed by atoms with Gasteiger partial charge in [0, 0.05) is 22.7 Å². The highest BCUT2D eigenvalue weighted by Gasteiger charge is 2.16. The molecule has 1 heterocycles. The Bertz CT molecular complexity index is 391. The average Bonchev–Trinajstić information content (AvgIpc) is 2.85. The van der Waals surface area contributed by atoms with Gasteiger partial charge in [0.1, 0.15) is 0 Å². The Morgan fingerprint density at radius 2 is 2.28 bits per heavy atom. The highest BCUT2D eigenvalue weighted by molar-refractivity contribution is 6.33. The minimum Gasteiger partial charge on any atom is -0.378 e. The number of halogens is 2. The molecule has 1 aliphatic heterocycles. The van der Waals surface area contributed by atoms with E-state index in [0.717, 1.165) is 35.2 Å². The van der Waals surface area contributed by atoms with Crippen molar-refractivity contribution in [2.75, 3.05) is 13.2 Å². The Hall–Kier alpha value is -0.280. The van der Waals surface area contributed by atoms with Gasteiger partial charge in [0.2, 0.25) is 0 Å². The lowest BCUT2D eigenvalue weighted by atomic mass is 10.1. The molecule has 1 aliphatic rings. The average molecular weight is 288 g/mol. The molecule has 0 radical (unpaired) electrons. The zero-order valence-electron chi connectivity index (χ0n) is 10.6. The van der Waals surface area contributed by atoms with E-state index in [4.69, 9.17) is 27.9 Å². The van der Waals surface area contributed by atoms with Crippen LogP contribution in [0.25, 0.3) is 0 Å². The van der Waals surface area contributed by atoms with E-state index in [0.29, 0.717) is 6.10 Å². The van der Waals surface area contributed by atoms with Crippen LogP contribution in [0.4, 0.5) is 0 Å². The van der Waals surface area contributed by atoms with Gasteiger partial charge in [-0.05, 0) is 56.5 Å². The number of hydrogen-bond acceptors (Lipinski definition) is 2. The van der Waals surface area contributed by atoms with Crippen LogP contribution in [0.5, 0.6) is 0 Å². The Balaban J connectivity index is 1.83. The van der Waals surface area contributed by atoms with Crippen molar-refractivity contribution in [2.45, 2.75) is 38.3 Å². The van der Waals surface area contributed by atoms with Gasteiger partial charge in [-0.25, -0.2) is 0 Å². The first kappa shape index (κ1) is 14.1. The van der Waals surface area contributed by atoms with Crippen molar-refractivity contribution >= 4 is 23.2 Å². The van der Waals surface area contributed by atoms with Crippen LogP contribution in [0, 0.1) is 0 Å². The van der Waals surface area contributed by atoms with Gasteiger partial charge >= 0.3 is 0 Å². The molecule has 1 N–H and O–H groups in total. The van der Waals surface area contributed by atoms with Gasteiger partial charge in [-0.15, -0.1) is 0 Å². The van der Waals surface area contributed by atoms with E-state index in [1.54, 1.807) is 0 Å². The second-order valence-electron chi connectivity index (χ2n) is 4.77. The maximum absolute atomic E-state index is 6.17. The summed E-state index contributed by atoms with van der Waals surface area (Å²) in [6.45, 7) is 3.96. The van der Waals surface area contributed by atoms with Gasteiger partial charge in [-0.1, -0.05) is 23.2 Å². The lowest BCUT2D eigenvalue weighted by Crippen LogP contribution is -2.23. The molecule has 0 aliphatic carbocycles. The molecule has 100 valence electrons. The minimum absolute atomic E-state index is 0.206. The summed E-state index contributed by atoms with van der Waals surface area (Å²) < 4.78 is 5.60. The van der Waals surface area contributed by atoms with Gasteiger partial charge < -0.3 is 10.1 Å². The van der Waals surface area contributed by atoms with E-state index in [-0.39, 0.29) is 6.04 Å². The Kier molecular flexibility index (Phi) is 5.31. The number of hydrogen-bond donors (Lipinski definition) is 1. The Morgan fingerprint density at radius 1 is 1.44 bits per heavy atom. The monoisotopic (exact) mass is 287 g/mol. The standard InChI is InChI=1S/C14H19Cl2NO/c1-10(13-9-11(15)4-5-14(13)16)17-7-6-12-3-2-8-18-12/h4-5,9-10,12,17H,2-3,6-8H2,1H3. The second-order valence-corrected chi connectivity index (χ2v) is 5.61. The van der Waals surface area contributed by atoms with Crippen LogP contribution < -0.4 is 5.32 Å². The van der Waals surface area contributed by atoms with Gasteiger partial charge in [-0.3, -0.25) is 0 Å². The molecule has 0 spiro atoms. The molecule has 1 fully saturated rings. The summed E-state index contributed by atoms with van der Waals surface area (Å²) in [6.07, 6.45) is 3.87. The van der Waals surface area contributed by atoms with Crippen molar-refractivity contribution in [1.29, 1.82) is 0 Å². The fourth-order valence-electron chi connectivity index (χ4n) is 2.29. The van der Waals surface area contributed by atoms with Gasteiger partial charge in [-0.2, -0.15) is 0 Å². The maximum Gasteiger partial charge on any atom is 0.0588 e. The molecule has 2 nitrogen and oxygen atoms in total. The first-order valence-corrected chi connectivity index (χ1v) is 7.22. The van der Waals surface area contributed by atoms with Crippen molar-refractivity contribution in [3.05, 3.63) is 33.8 Å². The predicted molar refractivity (Wildman–Crippen MR) is 76.5 cm³/mol. The lowest BCUT2D eigenvalue weighted by molar-refractivity contribution is 0.103. The molecule has 0 amide bonds. The van der Waals surface area contributed by atoms with Crippen LogP contribution in [0.2, 0.25) is 10.0 Å². The summed E-state index contributed by atoms with van der Waals surface area (Å²) in [5.74, 6) is 0. The van der Waals surface area contributed by atoms with Gasteiger partial charge in [0.15, 0.2) is 0 Å². The summed E-state index contributed by atoms with van der Waals surface area (Å²) in [7, 11) is 0. The molecule has 2 atom stereocenters. The Morgan fingerprint density at radius 3 is 3.00 bits per heavy atom. The van der Waals surface area contributed by atoms with Crippen molar-refractivity contribution in [3.63, 3.8) is 0 Å². The molecule has 1 saturated heterocycles. The maximum atomic E-state index is 6.17. The molecular weight excluding hydrogens is 269 g/mol. The van der Waals surface area contributed by atoms with Gasteiger partial charge in [0.05, 0.1) is 6.10 Å². The Labute approximate surface area is 119 Å². The van der Waals surface area contributed by atoms with Crippen molar-refractivity contribution in [1.82, 2.24) is 5.32 Å². The molecule has 1 aromatic carbocycles. The zero-order valence-corrected chi connectivity index (χ0v) is 12.1. The van der Waals surface area contributed by atoms with Crippen LogP contribution in [0.3, 0.4) is 0 Å². The fraction of sp³-hybridized carbons (Fsp3) is 0.571. The van der Waals surface area contributed by atoms with Crippen molar-refractivity contribution < 1.29 is 4.74 Å². The summed E-state index contributed by atoms with van der Waals surface area (Å²) in [5.41, 5.74) is 1.05. The fourth-order valence-corrected chi connectivity index (χ4v) is 2.75. The third-order valence-corrected chi connectivity index (χ3v) is 3.94. The first-order chi connectivity index (χ1) is 8.66. The highest BCUT2D eigenvalue weighted by atomic mass is 35.5. The van der Waals surface area contributed by atoms with Crippen LogP contribution in [0.15, 0.2) is 18.2 Å². The molecule has 2 rings (SSSR count). The van der Waals surface area contributed by atoms with E-state index in [1.165, 1.54) is 12.8 Å². The largest absolute Gasteiger partial charge is 0.378 e. The summed E-state index contributed by atoms with van der Waals surface area (Å²) in [6, 6.07) is 5.79. The third-order valence-electron chi connectivity index (χ3n) is 3.37. The first-order valence-electron chi connectivity index (χ1n) is 6.47. The smallest absolute Gasteiger partial charge is 0.0588 e. The molecule has 1 aromatic rings. The highest BCUT2D eigenvalue weighted by Crippen LogP contribution is 2.26. The number of benzene rings is 1. The topological polar surface area (TPSA) is 21.3 Å². The van der Waals surface area contributed by atoms with E-state index >= 15 is 0 Å². The molecule has 0 bridgehead atoms. The van der Waals surface area contributed by atoms with E-state index in [9.17, 15) is 0 Å². The van der Waals surface area contributed by atoms with Crippen LogP contribution in [-0.2, 0) is 4.74 Å². The van der Waals surface area contributed by atoms with Crippen LogP contribution in [0.1, 0.15) is 37.8 Å². The zero-order chi connectivity index (χ0) is 13.0. The summed E-state index contributed by atoms with van der Waals surface area (Å²) in [5, 5.41) is 4.96. The number of ether oxygens (including phenoxy) is 1. The van der Waals surface area contributed by atoms with Gasteiger partial charge in [0.25, 0.3) is 0 Å². The number of rotatable bonds is 5. The van der Waals surface area contributed by atoms with E-state index in [2.05, 4.69) is 12.2 Å². The summed E-state index contributed by atoms with van der Waals surface area (Å²) in [4.78, 5) is 0. The number of nitrogens with one attached hydrogen (secondary N) is 1. The van der Waals surface area contributed by atoms with E-state index in [1.807, 2.05) is 18.2 Å². The van der Waals surface area contributed by atoms with Crippen LogP contribution >= 0.6 is 23.2 Å². The lowest BCUT2D eigenvalue weighted by Gasteiger charge is -2.17. The minimum atomic E-state index is 0.206. The normalized spacial score (nSPS) is 21.2. The molecule has 4 heteroatoms. The third kappa shape index (κ3) is 3.86. The molecule has 2 unspecified atom stereocenters. The summed E-state index contributed by atoms with van der Waals surface area (Å²) >= 11 is 12.2. The molecule has 18 heavy (non-hydrogen) atoms. The molecule has 0 aromatic heterocycles. The predicted octanol–water partition coefficient (Wildman–Crippen LogP) is 4.21. The van der Waals surface area contributed by atoms with Crippen molar-refractivity contribution in [3.8, 4) is 0 Å². The molecule has 0 saturated carbocycles. The van der Waals surface area contributed by atoms with Crippen molar-refractivity contribution in [2.24, 2.45) is 0 Å². The van der Waals surface area contributed by atoms with Crippen LogP contribution in [-0.4, -0.2) is 19.3 Å². The SMILES string of the molecule is CC(NCCC1CCCO1)c1cc(Cl)ccc1Cl. The second kappa shape index (κ2) is 6.76. The molecular formula is C14H19Cl2NO.